The Morgan fingerprint density at radius 2 is 2.05 bits per heavy atom. The lowest BCUT2D eigenvalue weighted by Crippen LogP contribution is -2.53. The van der Waals surface area contributed by atoms with Crippen molar-refractivity contribution in [3.05, 3.63) is 29.6 Å². The largest absolute Gasteiger partial charge is 0.374 e. The summed E-state index contributed by atoms with van der Waals surface area (Å²) in [5.74, 6) is -0.884. The molecule has 2 unspecified atom stereocenters. The van der Waals surface area contributed by atoms with Crippen LogP contribution in [0, 0.1) is 12.7 Å². The first-order chi connectivity index (χ1) is 10.2. The van der Waals surface area contributed by atoms with E-state index in [0.29, 0.717) is 0 Å². The maximum Gasteiger partial charge on any atom is 0.243 e. The number of nitrogens with zero attached hydrogens (tertiary/aromatic N) is 1. The minimum Gasteiger partial charge on any atom is -0.374 e. The van der Waals surface area contributed by atoms with Gasteiger partial charge >= 0.3 is 0 Å². The highest BCUT2D eigenvalue weighted by molar-refractivity contribution is 7.92. The van der Waals surface area contributed by atoms with Crippen molar-refractivity contribution in [1.29, 1.82) is 0 Å². The van der Waals surface area contributed by atoms with Crippen LogP contribution < -0.4 is 0 Å². The second-order valence-electron chi connectivity index (χ2n) is 5.58. The van der Waals surface area contributed by atoms with Gasteiger partial charge in [0.2, 0.25) is 10.0 Å². The number of sulfone groups is 1. The SMILES string of the molecule is Cc1cc(S(=O)(=O)N2CCOC3CS(=O)(=O)CC32)ccc1F. The van der Waals surface area contributed by atoms with Crippen molar-refractivity contribution in [2.24, 2.45) is 0 Å². The fourth-order valence-electron chi connectivity index (χ4n) is 2.90. The predicted molar refractivity (Wildman–Crippen MR) is 77.2 cm³/mol. The molecule has 0 radical (unpaired) electrons. The molecule has 9 heteroatoms. The summed E-state index contributed by atoms with van der Waals surface area (Å²) in [6, 6.07) is 2.85. The lowest BCUT2D eigenvalue weighted by Gasteiger charge is -2.35. The molecule has 22 heavy (non-hydrogen) atoms. The molecule has 1 aromatic rings. The minimum atomic E-state index is -3.88. The van der Waals surface area contributed by atoms with Gasteiger partial charge in [-0.05, 0) is 30.7 Å². The van der Waals surface area contributed by atoms with E-state index in [1.807, 2.05) is 0 Å². The molecule has 6 nitrogen and oxygen atoms in total. The molecule has 1 aromatic carbocycles. The normalized spacial score (nSPS) is 28.5. The molecule has 2 aliphatic rings. The molecule has 0 N–H and O–H groups in total. The summed E-state index contributed by atoms with van der Waals surface area (Å²) >= 11 is 0. The van der Waals surface area contributed by atoms with Gasteiger partial charge in [0.25, 0.3) is 0 Å². The number of aryl methyl sites for hydroxylation is 1. The van der Waals surface area contributed by atoms with Gasteiger partial charge in [-0.2, -0.15) is 4.31 Å². The van der Waals surface area contributed by atoms with Crippen molar-refractivity contribution < 1.29 is 26.0 Å². The molecule has 0 spiro atoms. The highest BCUT2D eigenvalue weighted by Gasteiger charge is 2.48. The highest BCUT2D eigenvalue weighted by atomic mass is 32.2. The first kappa shape index (κ1) is 15.9. The van der Waals surface area contributed by atoms with Gasteiger partial charge in [-0.15, -0.1) is 0 Å². The Bertz CT molecular complexity index is 806. The van der Waals surface area contributed by atoms with Crippen molar-refractivity contribution in [2.75, 3.05) is 24.7 Å². The van der Waals surface area contributed by atoms with Crippen LogP contribution in [0.15, 0.2) is 23.1 Å². The summed E-state index contributed by atoms with van der Waals surface area (Å²) in [6.07, 6.45) is -0.630. The van der Waals surface area contributed by atoms with Gasteiger partial charge < -0.3 is 4.74 Å². The average molecular weight is 349 g/mol. The van der Waals surface area contributed by atoms with E-state index in [-0.39, 0.29) is 35.1 Å². The third kappa shape index (κ3) is 2.66. The molecule has 2 aliphatic heterocycles. The Kier molecular flexibility index (Phi) is 3.79. The van der Waals surface area contributed by atoms with Crippen molar-refractivity contribution in [3.63, 3.8) is 0 Å². The van der Waals surface area contributed by atoms with E-state index in [9.17, 15) is 21.2 Å². The van der Waals surface area contributed by atoms with E-state index in [1.165, 1.54) is 23.4 Å². The zero-order valence-electron chi connectivity index (χ0n) is 11.9. The number of sulfonamides is 1. The van der Waals surface area contributed by atoms with Crippen LogP contribution in [0.25, 0.3) is 0 Å². The second-order valence-corrected chi connectivity index (χ2v) is 9.62. The average Bonchev–Trinajstić information content (AvgIpc) is 2.74. The van der Waals surface area contributed by atoms with Gasteiger partial charge in [-0.3, -0.25) is 0 Å². The van der Waals surface area contributed by atoms with Crippen LogP contribution in [0.2, 0.25) is 0 Å². The monoisotopic (exact) mass is 349 g/mol. The van der Waals surface area contributed by atoms with Gasteiger partial charge in [0.05, 0.1) is 35.2 Å². The molecule has 0 saturated carbocycles. The molecular weight excluding hydrogens is 333 g/mol. The summed E-state index contributed by atoms with van der Waals surface area (Å²) in [7, 11) is -7.19. The predicted octanol–water partition coefficient (Wildman–Crippen LogP) is 0.321. The Hall–Kier alpha value is -1.03. The molecule has 3 rings (SSSR count). The third-order valence-electron chi connectivity index (χ3n) is 4.02. The lowest BCUT2D eigenvalue weighted by atomic mass is 10.2. The molecule has 0 amide bonds. The Labute approximate surface area is 128 Å². The van der Waals surface area contributed by atoms with E-state index in [1.54, 1.807) is 0 Å². The molecule has 122 valence electrons. The molecule has 0 bridgehead atoms. The Morgan fingerprint density at radius 3 is 2.73 bits per heavy atom. The number of morpholine rings is 1. The van der Waals surface area contributed by atoms with Crippen LogP contribution in [0.1, 0.15) is 5.56 Å². The van der Waals surface area contributed by atoms with Crippen molar-refractivity contribution in [2.45, 2.75) is 24.0 Å². The van der Waals surface area contributed by atoms with Crippen LogP contribution in [0.5, 0.6) is 0 Å². The number of fused-ring (bicyclic) bond motifs is 1. The molecule has 2 saturated heterocycles. The standard InChI is InChI=1S/C13H16FNO5S2/c1-9-6-10(2-3-11(9)14)22(18,19)15-4-5-20-13-8-21(16,17)7-12(13)15/h2-3,6,12-13H,4-5,7-8H2,1H3. The first-order valence-electron chi connectivity index (χ1n) is 6.81. The molecule has 2 fully saturated rings. The van der Waals surface area contributed by atoms with E-state index < -0.39 is 37.8 Å². The number of benzene rings is 1. The van der Waals surface area contributed by atoms with E-state index in [2.05, 4.69) is 0 Å². The van der Waals surface area contributed by atoms with Crippen LogP contribution in [0.3, 0.4) is 0 Å². The van der Waals surface area contributed by atoms with Crippen LogP contribution >= 0.6 is 0 Å². The van der Waals surface area contributed by atoms with Crippen LogP contribution in [0.4, 0.5) is 4.39 Å². The molecule has 2 atom stereocenters. The topological polar surface area (TPSA) is 80.8 Å². The summed E-state index contributed by atoms with van der Waals surface area (Å²) in [5, 5.41) is 0. The van der Waals surface area contributed by atoms with Crippen LogP contribution in [-0.2, 0) is 24.6 Å². The molecule has 2 heterocycles. The summed E-state index contributed by atoms with van der Waals surface area (Å²) in [6.45, 7) is 1.72. The smallest absolute Gasteiger partial charge is 0.243 e. The maximum atomic E-state index is 13.3. The Balaban J connectivity index is 1.99. The van der Waals surface area contributed by atoms with Gasteiger partial charge in [0, 0.05) is 6.54 Å². The molecular formula is C13H16FNO5S2. The van der Waals surface area contributed by atoms with Crippen molar-refractivity contribution >= 4 is 19.9 Å². The van der Waals surface area contributed by atoms with Crippen molar-refractivity contribution in [1.82, 2.24) is 4.31 Å². The van der Waals surface area contributed by atoms with Crippen LogP contribution in [-0.4, -0.2) is 57.9 Å². The lowest BCUT2D eigenvalue weighted by molar-refractivity contribution is -0.0141. The van der Waals surface area contributed by atoms with Gasteiger partial charge in [-0.1, -0.05) is 0 Å². The fourth-order valence-corrected chi connectivity index (χ4v) is 6.58. The number of hydrogen-bond acceptors (Lipinski definition) is 5. The van der Waals surface area contributed by atoms with Gasteiger partial charge in [0.1, 0.15) is 5.82 Å². The molecule has 0 aromatic heterocycles. The number of hydrogen-bond donors (Lipinski definition) is 0. The number of halogens is 1. The third-order valence-corrected chi connectivity index (χ3v) is 7.63. The number of rotatable bonds is 2. The van der Waals surface area contributed by atoms with Gasteiger partial charge in [-0.25, -0.2) is 21.2 Å². The first-order valence-corrected chi connectivity index (χ1v) is 10.1. The van der Waals surface area contributed by atoms with Gasteiger partial charge in [0.15, 0.2) is 9.84 Å². The maximum absolute atomic E-state index is 13.3. The second kappa shape index (κ2) is 5.26. The van der Waals surface area contributed by atoms with E-state index in [0.717, 1.165) is 6.07 Å². The quantitative estimate of drug-likeness (QED) is 0.768. The molecule has 0 aliphatic carbocycles. The Morgan fingerprint density at radius 1 is 1.32 bits per heavy atom. The van der Waals surface area contributed by atoms with E-state index >= 15 is 0 Å². The van der Waals surface area contributed by atoms with E-state index in [4.69, 9.17) is 4.74 Å². The fraction of sp³-hybridized carbons (Fsp3) is 0.538. The summed E-state index contributed by atoms with van der Waals surface area (Å²) in [5.41, 5.74) is 0.227. The summed E-state index contributed by atoms with van der Waals surface area (Å²) in [4.78, 5) is -0.0312. The zero-order valence-corrected chi connectivity index (χ0v) is 13.5. The summed E-state index contributed by atoms with van der Waals surface area (Å²) < 4.78 is 68.9. The zero-order chi connectivity index (χ0) is 16.1. The highest BCUT2D eigenvalue weighted by Crippen LogP contribution is 2.30. The minimum absolute atomic E-state index is 0.0312. The number of ether oxygens (including phenoxy) is 1. The van der Waals surface area contributed by atoms with Crippen molar-refractivity contribution in [3.8, 4) is 0 Å².